The first-order chi connectivity index (χ1) is 10.1. The molecule has 11 heteroatoms. The van der Waals surface area contributed by atoms with Crippen LogP contribution in [0, 0.1) is 21.8 Å². The van der Waals surface area contributed by atoms with E-state index >= 15 is 0 Å². The van der Waals surface area contributed by atoms with Gasteiger partial charge in [0.2, 0.25) is 11.7 Å². The van der Waals surface area contributed by atoms with Crippen LogP contribution in [0.25, 0.3) is 0 Å². The number of anilines is 1. The van der Waals surface area contributed by atoms with Gasteiger partial charge in [-0.25, -0.2) is 0 Å². The second-order valence-corrected chi connectivity index (χ2v) is 7.06. The molecule has 0 bridgehead atoms. The maximum atomic E-state index is 13.5. The monoisotopic (exact) mass is 398 g/mol. The molecule has 1 fully saturated rings. The van der Waals surface area contributed by atoms with Crippen molar-refractivity contribution < 1.29 is 26.4 Å². The van der Waals surface area contributed by atoms with Crippen molar-refractivity contribution in [2.24, 2.45) is 5.92 Å². The maximum absolute atomic E-state index is 13.5. The Bertz CT molecular complexity index is 755. The molecule has 120 valence electrons. The number of rotatable bonds is 4. The summed E-state index contributed by atoms with van der Waals surface area (Å²) >= 11 is 3.00. The number of hydrogen-bond donors (Lipinski definition) is 0. The van der Waals surface area contributed by atoms with Crippen LogP contribution in [0.1, 0.15) is 6.42 Å². The minimum Gasteiger partial charge on any atom is -0.311 e. The number of nitro groups is 1. The molecule has 1 aliphatic heterocycles. The molecule has 0 radical (unpaired) electrons. The SMILES string of the molecule is O=C1CC(CS(=O)(=O)F)CN1c1cc([N+](=O)[O-])c(F)cc1Br. The lowest BCUT2D eigenvalue weighted by Gasteiger charge is -2.18. The second kappa shape index (κ2) is 5.88. The standard InChI is InChI=1S/C11H9BrF2N2O5S/c12-7-2-8(13)10(16(18)19)3-9(7)15-4-6(1-11(15)17)5-22(14,20)21/h2-3,6H,1,4-5H2. The Balaban J connectivity index is 2.34. The third-order valence-corrected chi connectivity index (χ3v) is 4.65. The highest BCUT2D eigenvalue weighted by Crippen LogP contribution is 2.36. The van der Waals surface area contributed by atoms with E-state index in [9.17, 15) is 31.6 Å². The van der Waals surface area contributed by atoms with Gasteiger partial charge in [-0.15, -0.1) is 3.89 Å². The molecule has 1 aromatic carbocycles. The van der Waals surface area contributed by atoms with Crippen LogP contribution in [0.3, 0.4) is 0 Å². The van der Waals surface area contributed by atoms with Gasteiger partial charge in [0.25, 0.3) is 0 Å². The summed E-state index contributed by atoms with van der Waals surface area (Å²) in [4.78, 5) is 22.8. The van der Waals surface area contributed by atoms with E-state index in [2.05, 4.69) is 15.9 Å². The zero-order valence-corrected chi connectivity index (χ0v) is 13.2. The number of nitrogens with zero attached hydrogens (tertiary/aromatic N) is 2. The first-order valence-corrected chi connectivity index (χ1v) is 8.29. The van der Waals surface area contributed by atoms with E-state index in [1.807, 2.05) is 0 Å². The van der Waals surface area contributed by atoms with Gasteiger partial charge in [-0.05, 0) is 22.0 Å². The molecular weight excluding hydrogens is 390 g/mol. The zero-order chi connectivity index (χ0) is 16.7. The Kier molecular flexibility index (Phi) is 4.47. The average molecular weight is 399 g/mol. The highest BCUT2D eigenvalue weighted by Gasteiger charge is 2.35. The fraction of sp³-hybridized carbons (Fsp3) is 0.364. The third kappa shape index (κ3) is 3.58. The topological polar surface area (TPSA) is 97.6 Å². The van der Waals surface area contributed by atoms with Gasteiger partial charge in [-0.2, -0.15) is 12.8 Å². The lowest BCUT2D eigenvalue weighted by molar-refractivity contribution is -0.387. The number of halogens is 3. The molecule has 7 nitrogen and oxygen atoms in total. The molecule has 1 saturated heterocycles. The molecule has 1 aliphatic rings. The summed E-state index contributed by atoms with van der Waals surface area (Å²) in [7, 11) is -4.73. The Morgan fingerprint density at radius 1 is 1.45 bits per heavy atom. The summed E-state index contributed by atoms with van der Waals surface area (Å²) in [5.41, 5.74) is -0.774. The summed E-state index contributed by atoms with van der Waals surface area (Å²) in [6.07, 6.45) is -0.208. The van der Waals surface area contributed by atoms with E-state index in [0.29, 0.717) is 0 Å². The molecule has 1 unspecified atom stereocenters. The molecule has 0 saturated carbocycles. The van der Waals surface area contributed by atoms with Crippen LogP contribution in [-0.2, 0) is 15.0 Å². The lowest BCUT2D eigenvalue weighted by Crippen LogP contribution is -2.26. The molecule has 22 heavy (non-hydrogen) atoms. The average Bonchev–Trinajstić information content (AvgIpc) is 2.67. The number of hydrogen-bond acceptors (Lipinski definition) is 5. The number of carbonyl (C=O) groups excluding carboxylic acids is 1. The summed E-state index contributed by atoms with van der Waals surface area (Å²) < 4.78 is 47.6. The van der Waals surface area contributed by atoms with E-state index < -0.39 is 44.2 Å². The summed E-state index contributed by atoms with van der Waals surface area (Å²) in [5, 5.41) is 10.8. The summed E-state index contributed by atoms with van der Waals surface area (Å²) in [6, 6.07) is 1.73. The largest absolute Gasteiger partial charge is 0.311 e. The van der Waals surface area contributed by atoms with Crippen LogP contribution < -0.4 is 4.90 Å². The Labute approximate surface area is 132 Å². The summed E-state index contributed by atoms with van der Waals surface area (Å²) in [5.74, 6) is -3.17. The van der Waals surface area contributed by atoms with E-state index in [1.54, 1.807) is 0 Å². The van der Waals surface area contributed by atoms with Gasteiger partial charge in [0.15, 0.2) is 0 Å². The van der Waals surface area contributed by atoms with Crippen molar-refractivity contribution in [2.45, 2.75) is 6.42 Å². The van der Waals surface area contributed by atoms with Gasteiger partial charge in [0, 0.05) is 29.4 Å². The molecule has 0 spiro atoms. The quantitative estimate of drug-likeness (QED) is 0.439. The molecule has 2 rings (SSSR count). The molecule has 1 heterocycles. The van der Waals surface area contributed by atoms with Crippen molar-refractivity contribution >= 4 is 43.4 Å². The number of amides is 1. The van der Waals surface area contributed by atoms with Gasteiger partial charge < -0.3 is 4.90 Å². The summed E-state index contributed by atoms with van der Waals surface area (Å²) in [6.45, 7) is -0.122. The van der Waals surface area contributed by atoms with E-state index in [1.165, 1.54) is 0 Å². The fourth-order valence-electron chi connectivity index (χ4n) is 2.28. The van der Waals surface area contributed by atoms with Gasteiger partial charge >= 0.3 is 15.9 Å². The molecule has 0 aliphatic carbocycles. The van der Waals surface area contributed by atoms with Crippen LogP contribution in [0.4, 0.5) is 19.7 Å². The predicted octanol–water partition coefficient (Wildman–Crippen LogP) is 2.15. The Hall–Kier alpha value is -1.62. The fourth-order valence-corrected chi connectivity index (χ4v) is 3.60. The normalized spacial score (nSPS) is 18.8. The molecule has 0 N–H and O–H groups in total. The first-order valence-electron chi connectivity index (χ1n) is 5.94. The highest BCUT2D eigenvalue weighted by molar-refractivity contribution is 9.10. The van der Waals surface area contributed by atoms with Gasteiger partial charge in [-0.1, -0.05) is 0 Å². The second-order valence-electron chi connectivity index (χ2n) is 4.79. The van der Waals surface area contributed by atoms with Crippen LogP contribution in [-0.4, -0.2) is 31.5 Å². The van der Waals surface area contributed by atoms with Crippen LogP contribution in [0.15, 0.2) is 16.6 Å². The highest BCUT2D eigenvalue weighted by atomic mass is 79.9. The molecule has 1 aromatic rings. The lowest BCUT2D eigenvalue weighted by atomic mass is 10.1. The number of benzene rings is 1. The maximum Gasteiger partial charge on any atom is 0.306 e. The molecule has 1 atom stereocenters. The minimum atomic E-state index is -4.73. The van der Waals surface area contributed by atoms with Crippen molar-refractivity contribution in [3.8, 4) is 0 Å². The Morgan fingerprint density at radius 2 is 2.09 bits per heavy atom. The van der Waals surface area contributed by atoms with Gasteiger partial charge in [-0.3, -0.25) is 14.9 Å². The zero-order valence-electron chi connectivity index (χ0n) is 10.8. The van der Waals surface area contributed by atoms with Crippen LogP contribution in [0.5, 0.6) is 0 Å². The Morgan fingerprint density at radius 3 is 2.64 bits per heavy atom. The van der Waals surface area contributed by atoms with Crippen molar-refractivity contribution in [1.29, 1.82) is 0 Å². The van der Waals surface area contributed by atoms with Gasteiger partial charge in [0.1, 0.15) is 0 Å². The number of carbonyl (C=O) groups is 1. The molecule has 1 amide bonds. The van der Waals surface area contributed by atoms with Crippen LogP contribution in [0.2, 0.25) is 0 Å². The van der Waals surface area contributed by atoms with E-state index in [4.69, 9.17) is 0 Å². The van der Waals surface area contributed by atoms with Gasteiger partial charge in [0.05, 0.1) is 16.4 Å². The molecular formula is C11H9BrF2N2O5S. The van der Waals surface area contributed by atoms with Crippen LogP contribution >= 0.6 is 15.9 Å². The number of nitro benzene ring substituents is 1. The first kappa shape index (κ1) is 16.7. The van der Waals surface area contributed by atoms with E-state index in [-0.39, 0.29) is 23.1 Å². The van der Waals surface area contributed by atoms with Crippen molar-refractivity contribution in [1.82, 2.24) is 0 Å². The molecule has 0 aromatic heterocycles. The minimum absolute atomic E-state index is 0.0388. The van der Waals surface area contributed by atoms with Crippen molar-refractivity contribution in [3.05, 3.63) is 32.5 Å². The van der Waals surface area contributed by atoms with Crippen molar-refractivity contribution in [3.63, 3.8) is 0 Å². The smallest absolute Gasteiger partial charge is 0.306 e. The predicted molar refractivity (Wildman–Crippen MR) is 76.1 cm³/mol. The third-order valence-electron chi connectivity index (χ3n) is 3.14. The van der Waals surface area contributed by atoms with E-state index in [0.717, 1.165) is 17.0 Å². The van der Waals surface area contributed by atoms with Crippen molar-refractivity contribution in [2.75, 3.05) is 17.2 Å².